The summed E-state index contributed by atoms with van der Waals surface area (Å²) in [5, 5.41) is 0. The van der Waals surface area contributed by atoms with Crippen molar-refractivity contribution < 1.29 is 14.0 Å². The Kier molecular flexibility index (Phi) is 4.71. The second-order valence-electron chi connectivity index (χ2n) is 5.03. The Morgan fingerprint density at radius 1 is 1.25 bits per heavy atom. The number of amides is 2. The third kappa shape index (κ3) is 3.56. The van der Waals surface area contributed by atoms with Crippen molar-refractivity contribution in [2.75, 3.05) is 24.5 Å². The van der Waals surface area contributed by atoms with Crippen molar-refractivity contribution in [2.45, 2.75) is 26.2 Å². The topological polar surface area (TPSA) is 40.6 Å². The van der Waals surface area contributed by atoms with E-state index in [4.69, 9.17) is 0 Å². The number of anilines is 1. The van der Waals surface area contributed by atoms with Gasteiger partial charge in [0.25, 0.3) is 0 Å². The average molecular weight is 278 g/mol. The molecule has 0 atom stereocenters. The Morgan fingerprint density at radius 2 is 1.95 bits per heavy atom. The molecular formula is C15H19FN2O2. The van der Waals surface area contributed by atoms with Crippen molar-refractivity contribution in [3.05, 3.63) is 30.1 Å². The number of carbonyl (C=O) groups excluding carboxylic acids is 2. The third-order valence-corrected chi connectivity index (χ3v) is 3.50. The van der Waals surface area contributed by atoms with E-state index in [-0.39, 0.29) is 18.4 Å². The van der Waals surface area contributed by atoms with Crippen LogP contribution in [0.15, 0.2) is 24.3 Å². The van der Waals surface area contributed by atoms with E-state index in [1.54, 1.807) is 11.0 Å². The second-order valence-corrected chi connectivity index (χ2v) is 5.03. The molecule has 0 aromatic heterocycles. The number of piperidine rings is 1. The summed E-state index contributed by atoms with van der Waals surface area (Å²) in [6, 6.07) is 5.75. The fourth-order valence-corrected chi connectivity index (χ4v) is 2.41. The zero-order valence-electron chi connectivity index (χ0n) is 11.6. The van der Waals surface area contributed by atoms with Gasteiger partial charge in [-0.25, -0.2) is 4.39 Å². The van der Waals surface area contributed by atoms with E-state index in [1.165, 1.54) is 30.0 Å². The van der Waals surface area contributed by atoms with E-state index < -0.39 is 5.82 Å². The van der Waals surface area contributed by atoms with Crippen molar-refractivity contribution >= 4 is 17.5 Å². The molecule has 0 radical (unpaired) electrons. The first-order valence-electron chi connectivity index (χ1n) is 6.89. The summed E-state index contributed by atoms with van der Waals surface area (Å²) < 4.78 is 13.2. The van der Waals surface area contributed by atoms with E-state index in [0.29, 0.717) is 5.69 Å². The Labute approximate surface area is 118 Å². The largest absolute Gasteiger partial charge is 0.341 e. The molecule has 0 spiro atoms. The fraction of sp³-hybridized carbons (Fsp3) is 0.467. The number of hydrogen-bond acceptors (Lipinski definition) is 2. The number of rotatable bonds is 3. The highest BCUT2D eigenvalue weighted by atomic mass is 19.1. The van der Waals surface area contributed by atoms with Crippen LogP contribution in [0.4, 0.5) is 10.1 Å². The van der Waals surface area contributed by atoms with E-state index in [9.17, 15) is 14.0 Å². The Hall–Kier alpha value is -1.91. The zero-order valence-corrected chi connectivity index (χ0v) is 11.6. The van der Waals surface area contributed by atoms with Crippen LogP contribution in [0.3, 0.4) is 0 Å². The van der Waals surface area contributed by atoms with Gasteiger partial charge in [0.1, 0.15) is 12.4 Å². The van der Waals surface area contributed by atoms with Gasteiger partial charge in [0.05, 0.1) is 0 Å². The smallest absolute Gasteiger partial charge is 0.242 e. The maximum absolute atomic E-state index is 13.2. The fourth-order valence-electron chi connectivity index (χ4n) is 2.41. The minimum Gasteiger partial charge on any atom is -0.341 e. The summed E-state index contributed by atoms with van der Waals surface area (Å²) in [5.41, 5.74) is 0.419. The van der Waals surface area contributed by atoms with E-state index in [1.807, 2.05) is 0 Å². The lowest BCUT2D eigenvalue weighted by atomic mass is 10.1. The van der Waals surface area contributed by atoms with Crippen LogP contribution in [0.1, 0.15) is 26.2 Å². The monoisotopic (exact) mass is 278 g/mol. The van der Waals surface area contributed by atoms with Crippen molar-refractivity contribution in [1.82, 2.24) is 4.90 Å². The molecule has 2 rings (SSSR count). The molecule has 1 aliphatic rings. The summed E-state index contributed by atoms with van der Waals surface area (Å²) in [5.74, 6) is -0.760. The number of halogens is 1. The lowest BCUT2D eigenvalue weighted by molar-refractivity contribution is -0.132. The quantitative estimate of drug-likeness (QED) is 0.850. The summed E-state index contributed by atoms with van der Waals surface area (Å²) in [7, 11) is 0. The second kappa shape index (κ2) is 6.50. The standard InChI is InChI=1S/C15H19FN2O2/c1-12(19)18(14-7-5-6-13(16)10-14)11-15(20)17-8-3-2-4-9-17/h5-7,10H,2-4,8-9,11H2,1H3. The van der Waals surface area contributed by atoms with Crippen LogP contribution in [-0.2, 0) is 9.59 Å². The minimum atomic E-state index is -0.417. The van der Waals surface area contributed by atoms with Gasteiger partial charge in [-0.15, -0.1) is 0 Å². The number of nitrogens with zero attached hydrogens (tertiary/aromatic N) is 2. The third-order valence-electron chi connectivity index (χ3n) is 3.50. The highest BCUT2D eigenvalue weighted by molar-refractivity contribution is 5.97. The molecule has 1 aromatic carbocycles. The first-order valence-corrected chi connectivity index (χ1v) is 6.89. The number of likely N-dealkylation sites (tertiary alicyclic amines) is 1. The summed E-state index contributed by atoms with van der Waals surface area (Å²) in [4.78, 5) is 27.0. The maximum atomic E-state index is 13.2. The molecule has 5 heteroatoms. The van der Waals surface area contributed by atoms with Gasteiger partial charge < -0.3 is 9.80 Å². The molecule has 108 valence electrons. The highest BCUT2D eigenvalue weighted by Gasteiger charge is 2.21. The van der Waals surface area contributed by atoms with Gasteiger partial charge >= 0.3 is 0 Å². The Bertz CT molecular complexity index is 498. The molecule has 4 nitrogen and oxygen atoms in total. The van der Waals surface area contributed by atoms with E-state index in [2.05, 4.69) is 0 Å². The first-order chi connectivity index (χ1) is 9.58. The van der Waals surface area contributed by atoms with Crippen LogP contribution in [0.25, 0.3) is 0 Å². The highest BCUT2D eigenvalue weighted by Crippen LogP contribution is 2.17. The lowest BCUT2D eigenvalue weighted by Crippen LogP contribution is -2.44. The van der Waals surface area contributed by atoms with E-state index in [0.717, 1.165) is 32.4 Å². The molecule has 0 unspecified atom stereocenters. The summed E-state index contributed by atoms with van der Waals surface area (Å²) in [6.07, 6.45) is 3.15. The van der Waals surface area contributed by atoms with Gasteiger partial charge in [-0.2, -0.15) is 0 Å². The SMILES string of the molecule is CC(=O)N(CC(=O)N1CCCCC1)c1cccc(F)c1. The molecule has 20 heavy (non-hydrogen) atoms. The van der Waals surface area contributed by atoms with Crippen molar-refractivity contribution in [2.24, 2.45) is 0 Å². The van der Waals surface area contributed by atoms with Crippen LogP contribution < -0.4 is 4.90 Å². The van der Waals surface area contributed by atoms with Crippen molar-refractivity contribution in [1.29, 1.82) is 0 Å². The van der Waals surface area contributed by atoms with Crippen LogP contribution in [0, 0.1) is 5.82 Å². The molecule has 2 amide bonds. The molecule has 0 aliphatic carbocycles. The van der Waals surface area contributed by atoms with Gasteiger partial charge in [0.2, 0.25) is 11.8 Å². The van der Waals surface area contributed by atoms with Crippen LogP contribution in [0.5, 0.6) is 0 Å². The van der Waals surface area contributed by atoms with Crippen LogP contribution in [0.2, 0.25) is 0 Å². The van der Waals surface area contributed by atoms with Gasteiger partial charge in [-0.3, -0.25) is 9.59 Å². The summed E-state index contributed by atoms with van der Waals surface area (Å²) in [6.45, 7) is 2.84. The average Bonchev–Trinajstić information content (AvgIpc) is 2.45. The van der Waals surface area contributed by atoms with Gasteiger partial charge in [-0.1, -0.05) is 6.07 Å². The minimum absolute atomic E-state index is 0.0290. The molecule has 0 bridgehead atoms. The van der Waals surface area contributed by atoms with Gasteiger partial charge in [-0.05, 0) is 37.5 Å². The molecule has 0 N–H and O–H groups in total. The van der Waals surface area contributed by atoms with Gasteiger partial charge in [0.15, 0.2) is 0 Å². The molecule has 1 heterocycles. The normalized spacial score (nSPS) is 15.0. The maximum Gasteiger partial charge on any atom is 0.242 e. The predicted molar refractivity (Wildman–Crippen MR) is 74.9 cm³/mol. The van der Waals surface area contributed by atoms with Crippen LogP contribution >= 0.6 is 0 Å². The number of hydrogen-bond donors (Lipinski definition) is 0. The predicted octanol–water partition coefficient (Wildman–Crippen LogP) is 2.19. The molecule has 0 saturated carbocycles. The molecular weight excluding hydrogens is 259 g/mol. The zero-order chi connectivity index (χ0) is 14.5. The molecule has 1 fully saturated rings. The van der Waals surface area contributed by atoms with Gasteiger partial charge in [0, 0.05) is 25.7 Å². The number of carbonyl (C=O) groups is 2. The molecule has 1 aliphatic heterocycles. The van der Waals surface area contributed by atoms with Crippen LogP contribution in [-0.4, -0.2) is 36.3 Å². The number of benzene rings is 1. The van der Waals surface area contributed by atoms with E-state index >= 15 is 0 Å². The summed E-state index contributed by atoms with van der Waals surface area (Å²) >= 11 is 0. The molecule has 1 aromatic rings. The lowest BCUT2D eigenvalue weighted by Gasteiger charge is -2.29. The van der Waals surface area contributed by atoms with Crippen molar-refractivity contribution in [3.8, 4) is 0 Å². The Balaban J connectivity index is 2.09. The van der Waals surface area contributed by atoms with Crippen molar-refractivity contribution in [3.63, 3.8) is 0 Å². The first kappa shape index (κ1) is 14.5. The molecule has 1 saturated heterocycles. The Morgan fingerprint density at radius 3 is 2.55 bits per heavy atom.